The minimum atomic E-state index is 0.358. The van der Waals surface area contributed by atoms with Gasteiger partial charge in [0.15, 0.2) is 0 Å². The summed E-state index contributed by atoms with van der Waals surface area (Å²) in [5.41, 5.74) is 5.80. The lowest BCUT2D eigenvalue weighted by molar-refractivity contribution is 0.496. The average Bonchev–Trinajstić information content (AvgIpc) is 2.53. The number of hydrogen-bond acceptors (Lipinski definition) is 4. The maximum absolute atomic E-state index is 5.80. The summed E-state index contributed by atoms with van der Waals surface area (Å²) in [5.74, 6) is 1.68. The molecule has 5 heteroatoms. The Morgan fingerprint density at radius 3 is 2.69 bits per heavy atom. The first-order valence-electron chi connectivity index (χ1n) is 4.65. The van der Waals surface area contributed by atoms with Crippen LogP contribution in [0.5, 0.6) is 0 Å². The molecule has 1 aromatic heterocycles. The predicted octanol–water partition coefficient (Wildman–Crippen LogP) is 0.0406. The van der Waals surface area contributed by atoms with Crippen molar-refractivity contribution in [3.05, 3.63) is 5.82 Å². The highest BCUT2D eigenvalue weighted by molar-refractivity contribution is 5.29. The minimum absolute atomic E-state index is 0.358. The zero-order valence-corrected chi connectivity index (χ0v) is 7.82. The van der Waals surface area contributed by atoms with Crippen LogP contribution in [0.15, 0.2) is 0 Å². The fraction of sp³-hybridized carbons (Fsp3) is 0.750. The van der Waals surface area contributed by atoms with Gasteiger partial charge < -0.3 is 10.6 Å². The number of anilines is 1. The maximum Gasteiger partial charge on any atom is 0.244 e. The van der Waals surface area contributed by atoms with Gasteiger partial charge in [-0.25, -0.2) is 0 Å². The van der Waals surface area contributed by atoms with Gasteiger partial charge in [0.05, 0.1) is 0 Å². The van der Waals surface area contributed by atoms with Crippen molar-refractivity contribution in [3.8, 4) is 0 Å². The van der Waals surface area contributed by atoms with Gasteiger partial charge in [-0.3, -0.25) is 5.10 Å². The molecule has 0 bridgehead atoms. The molecular weight excluding hydrogens is 166 g/mol. The van der Waals surface area contributed by atoms with Gasteiger partial charge >= 0.3 is 0 Å². The molecule has 0 atom stereocenters. The zero-order valence-electron chi connectivity index (χ0n) is 7.82. The maximum atomic E-state index is 5.80. The third-order valence-corrected chi connectivity index (χ3v) is 2.41. The molecule has 0 radical (unpaired) electrons. The van der Waals surface area contributed by atoms with Crippen molar-refractivity contribution < 1.29 is 0 Å². The second-order valence-corrected chi connectivity index (χ2v) is 3.55. The predicted molar refractivity (Wildman–Crippen MR) is 50.5 cm³/mol. The lowest BCUT2D eigenvalue weighted by atomic mass is 10.1. The number of nitrogens with one attached hydrogen (secondary N) is 1. The molecule has 3 N–H and O–H groups in total. The third kappa shape index (κ3) is 1.80. The van der Waals surface area contributed by atoms with E-state index in [1.807, 2.05) is 6.92 Å². The van der Waals surface area contributed by atoms with Gasteiger partial charge in [-0.1, -0.05) is 0 Å². The van der Waals surface area contributed by atoms with Gasteiger partial charge in [-0.15, -0.1) is 5.10 Å². The summed E-state index contributed by atoms with van der Waals surface area (Å²) in [5, 5.41) is 6.96. The molecule has 5 nitrogen and oxygen atoms in total. The quantitative estimate of drug-likeness (QED) is 0.641. The van der Waals surface area contributed by atoms with Crippen LogP contribution in [-0.4, -0.2) is 34.3 Å². The van der Waals surface area contributed by atoms with Gasteiger partial charge in [-0.05, 0) is 19.8 Å². The molecule has 0 spiro atoms. The molecule has 1 aromatic rings. The Kier molecular flexibility index (Phi) is 2.18. The van der Waals surface area contributed by atoms with Crippen LogP contribution in [0.3, 0.4) is 0 Å². The topological polar surface area (TPSA) is 70.8 Å². The SMILES string of the molecule is Cc1nc(N2CCC(N)CC2)n[nH]1. The largest absolute Gasteiger partial charge is 0.339 e. The van der Waals surface area contributed by atoms with Crippen LogP contribution < -0.4 is 10.6 Å². The normalized spacial score (nSPS) is 19.4. The Morgan fingerprint density at radius 1 is 1.46 bits per heavy atom. The van der Waals surface area contributed by atoms with Crippen LogP contribution in [0.1, 0.15) is 18.7 Å². The number of rotatable bonds is 1. The van der Waals surface area contributed by atoms with Crippen LogP contribution in [-0.2, 0) is 0 Å². The van der Waals surface area contributed by atoms with Crippen molar-refractivity contribution in [2.75, 3.05) is 18.0 Å². The van der Waals surface area contributed by atoms with Crippen molar-refractivity contribution in [2.45, 2.75) is 25.8 Å². The Morgan fingerprint density at radius 2 is 2.15 bits per heavy atom. The second-order valence-electron chi connectivity index (χ2n) is 3.55. The Bertz CT molecular complexity index is 274. The summed E-state index contributed by atoms with van der Waals surface area (Å²) in [6.45, 7) is 3.85. The molecule has 0 aromatic carbocycles. The van der Waals surface area contributed by atoms with Gasteiger partial charge in [0.1, 0.15) is 5.82 Å². The highest BCUT2D eigenvalue weighted by Crippen LogP contribution is 2.14. The van der Waals surface area contributed by atoms with Crippen LogP contribution in [0.2, 0.25) is 0 Å². The van der Waals surface area contributed by atoms with E-state index in [2.05, 4.69) is 20.1 Å². The van der Waals surface area contributed by atoms with Gasteiger partial charge in [0, 0.05) is 19.1 Å². The van der Waals surface area contributed by atoms with Gasteiger partial charge in [0.2, 0.25) is 5.95 Å². The molecule has 72 valence electrons. The average molecular weight is 181 g/mol. The third-order valence-electron chi connectivity index (χ3n) is 2.41. The van der Waals surface area contributed by atoms with E-state index < -0.39 is 0 Å². The second kappa shape index (κ2) is 3.33. The van der Waals surface area contributed by atoms with E-state index in [0.29, 0.717) is 6.04 Å². The van der Waals surface area contributed by atoms with Gasteiger partial charge in [0.25, 0.3) is 0 Å². The lowest BCUT2D eigenvalue weighted by Gasteiger charge is -2.28. The molecule has 2 rings (SSSR count). The number of nitrogens with zero attached hydrogens (tertiary/aromatic N) is 3. The summed E-state index contributed by atoms with van der Waals surface area (Å²) in [6.07, 6.45) is 2.07. The molecule has 0 aliphatic carbocycles. The monoisotopic (exact) mass is 181 g/mol. The van der Waals surface area contributed by atoms with Crippen LogP contribution in [0.4, 0.5) is 5.95 Å². The summed E-state index contributed by atoms with van der Waals surface area (Å²) in [4.78, 5) is 6.45. The van der Waals surface area contributed by atoms with E-state index in [1.165, 1.54) is 0 Å². The van der Waals surface area contributed by atoms with E-state index in [1.54, 1.807) is 0 Å². The molecule has 0 amide bonds. The summed E-state index contributed by atoms with van der Waals surface area (Å²) in [6, 6.07) is 0.358. The van der Waals surface area contributed by atoms with E-state index in [-0.39, 0.29) is 0 Å². The summed E-state index contributed by atoms with van der Waals surface area (Å²) < 4.78 is 0. The molecular formula is C8H15N5. The number of hydrogen-bond donors (Lipinski definition) is 2. The van der Waals surface area contributed by atoms with E-state index in [0.717, 1.165) is 37.7 Å². The smallest absolute Gasteiger partial charge is 0.244 e. The van der Waals surface area contributed by atoms with E-state index >= 15 is 0 Å². The Hall–Kier alpha value is -1.10. The Labute approximate surface area is 77.3 Å². The van der Waals surface area contributed by atoms with Crippen molar-refractivity contribution >= 4 is 5.95 Å². The first-order valence-corrected chi connectivity index (χ1v) is 4.65. The Balaban J connectivity index is 2.02. The zero-order chi connectivity index (χ0) is 9.26. The number of aryl methyl sites for hydroxylation is 1. The summed E-state index contributed by atoms with van der Waals surface area (Å²) >= 11 is 0. The molecule has 1 aliphatic heterocycles. The van der Waals surface area contributed by atoms with Crippen LogP contribution >= 0.6 is 0 Å². The highest BCUT2D eigenvalue weighted by Gasteiger charge is 2.18. The molecule has 0 saturated carbocycles. The van der Waals surface area contributed by atoms with Crippen molar-refractivity contribution in [1.29, 1.82) is 0 Å². The van der Waals surface area contributed by atoms with Crippen LogP contribution in [0, 0.1) is 6.92 Å². The van der Waals surface area contributed by atoms with Crippen molar-refractivity contribution in [3.63, 3.8) is 0 Å². The number of aromatic amines is 1. The lowest BCUT2D eigenvalue weighted by Crippen LogP contribution is -2.40. The molecule has 1 saturated heterocycles. The fourth-order valence-corrected chi connectivity index (χ4v) is 1.57. The van der Waals surface area contributed by atoms with Crippen molar-refractivity contribution in [1.82, 2.24) is 15.2 Å². The molecule has 1 fully saturated rings. The molecule has 1 aliphatic rings. The minimum Gasteiger partial charge on any atom is -0.339 e. The molecule has 13 heavy (non-hydrogen) atoms. The van der Waals surface area contributed by atoms with E-state index in [4.69, 9.17) is 5.73 Å². The first-order chi connectivity index (χ1) is 6.25. The molecule has 0 unspecified atom stereocenters. The summed E-state index contributed by atoms with van der Waals surface area (Å²) in [7, 11) is 0. The van der Waals surface area contributed by atoms with Crippen LogP contribution in [0.25, 0.3) is 0 Å². The number of H-pyrrole nitrogens is 1. The standard InChI is InChI=1S/C8H15N5/c1-6-10-8(12-11-6)13-4-2-7(9)3-5-13/h7H,2-5,9H2,1H3,(H,10,11,12). The highest BCUT2D eigenvalue weighted by atomic mass is 15.4. The number of aromatic nitrogens is 3. The molecule has 2 heterocycles. The first kappa shape index (κ1) is 8.50. The van der Waals surface area contributed by atoms with E-state index in [9.17, 15) is 0 Å². The van der Waals surface area contributed by atoms with Gasteiger partial charge in [-0.2, -0.15) is 4.98 Å². The fourth-order valence-electron chi connectivity index (χ4n) is 1.57. The van der Waals surface area contributed by atoms with Crippen molar-refractivity contribution in [2.24, 2.45) is 5.73 Å². The number of piperidine rings is 1. The number of nitrogens with two attached hydrogens (primary N) is 1.